The van der Waals surface area contributed by atoms with E-state index in [4.69, 9.17) is 16.3 Å². The summed E-state index contributed by atoms with van der Waals surface area (Å²) < 4.78 is 5.99. The van der Waals surface area contributed by atoms with E-state index < -0.39 is 0 Å². The van der Waals surface area contributed by atoms with Crippen LogP contribution < -0.4 is 10.1 Å². The normalized spacial score (nSPS) is 19.4. The Morgan fingerprint density at radius 2 is 2.11 bits per heavy atom. The molecule has 0 unspecified atom stereocenters. The van der Waals surface area contributed by atoms with Gasteiger partial charge in [-0.3, -0.25) is 0 Å². The van der Waals surface area contributed by atoms with Crippen molar-refractivity contribution in [1.29, 1.82) is 0 Å². The fourth-order valence-electron chi connectivity index (χ4n) is 2.51. The van der Waals surface area contributed by atoms with E-state index in [-0.39, 0.29) is 0 Å². The molecule has 3 nitrogen and oxygen atoms in total. The number of hydrogen-bond donors (Lipinski definition) is 1. The zero-order valence-corrected chi connectivity index (χ0v) is 12.8. The topological polar surface area (TPSA) is 34.1 Å². The fourth-order valence-corrected chi connectivity index (χ4v) is 2.68. The third kappa shape index (κ3) is 4.08. The maximum absolute atomic E-state index is 6.10. The highest BCUT2D eigenvalue weighted by Crippen LogP contribution is 2.36. The largest absolute Gasteiger partial charge is 0.474 e. The highest BCUT2D eigenvalue weighted by Gasteiger charge is 2.28. The summed E-state index contributed by atoms with van der Waals surface area (Å²) >= 11 is 6.10. The predicted octanol–water partition coefficient (Wildman–Crippen LogP) is 3.80. The quantitative estimate of drug-likeness (QED) is 0.912. The molecule has 4 heteroatoms. The maximum atomic E-state index is 6.10. The Morgan fingerprint density at radius 1 is 1.42 bits per heavy atom. The van der Waals surface area contributed by atoms with Crippen molar-refractivity contribution in [2.75, 3.05) is 7.05 Å². The van der Waals surface area contributed by atoms with Crippen LogP contribution in [0.3, 0.4) is 0 Å². The lowest BCUT2D eigenvalue weighted by atomic mass is 9.76. The molecule has 2 rings (SSSR count). The van der Waals surface area contributed by atoms with E-state index in [1.807, 2.05) is 13.1 Å². The molecule has 0 spiro atoms. The molecule has 1 saturated carbocycles. The van der Waals surface area contributed by atoms with Crippen molar-refractivity contribution < 1.29 is 4.74 Å². The zero-order chi connectivity index (χ0) is 13.9. The monoisotopic (exact) mass is 282 g/mol. The van der Waals surface area contributed by atoms with Gasteiger partial charge in [-0.2, -0.15) is 0 Å². The summed E-state index contributed by atoms with van der Waals surface area (Å²) in [6, 6.07) is 1.94. The number of ether oxygens (including phenoxy) is 1. The summed E-state index contributed by atoms with van der Waals surface area (Å²) in [6.45, 7) is 5.39. The lowest BCUT2D eigenvalue weighted by Crippen LogP contribution is -2.28. The first-order chi connectivity index (χ1) is 9.00. The predicted molar refractivity (Wildman–Crippen MR) is 78.7 cm³/mol. The van der Waals surface area contributed by atoms with Crippen molar-refractivity contribution in [1.82, 2.24) is 10.3 Å². The van der Waals surface area contributed by atoms with Crippen LogP contribution in [-0.2, 0) is 6.54 Å². The Balaban J connectivity index is 1.98. The molecule has 19 heavy (non-hydrogen) atoms. The van der Waals surface area contributed by atoms with Crippen molar-refractivity contribution >= 4 is 11.6 Å². The van der Waals surface area contributed by atoms with E-state index >= 15 is 0 Å². The van der Waals surface area contributed by atoms with Crippen LogP contribution in [0.2, 0.25) is 5.02 Å². The van der Waals surface area contributed by atoms with Crippen LogP contribution >= 0.6 is 11.6 Å². The number of nitrogens with zero attached hydrogens (tertiary/aromatic N) is 1. The van der Waals surface area contributed by atoms with Gasteiger partial charge in [-0.15, -0.1) is 0 Å². The molecule has 0 saturated heterocycles. The van der Waals surface area contributed by atoms with Crippen LogP contribution in [0.15, 0.2) is 12.3 Å². The average molecular weight is 283 g/mol. The van der Waals surface area contributed by atoms with Gasteiger partial charge in [0, 0.05) is 18.8 Å². The number of aromatic nitrogens is 1. The van der Waals surface area contributed by atoms with Gasteiger partial charge in [-0.25, -0.2) is 4.98 Å². The Labute approximate surface area is 120 Å². The van der Waals surface area contributed by atoms with Crippen LogP contribution in [0, 0.1) is 5.41 Å². The first-order valence-corrected chi connectivity index (χ1v) is 7.34. The minimum atomic E-state index is 0.295. The van der Waals surface area contributed by atoms with Gasteiger partial charge < -0.3 is 10.1 Å². The van der Waals surface area contributed by atoms with E-state index in [1.165, 1.54) is 12.8 Å². The van der Waals surface area contributed by atoms with Crippen molar-refractivity contribution in [3.8, 4) is 5.88 Å². The van der Waals surface area contributed by atoms with E-state index in [0.717, 1.165) is 24.9 Å². The summed E-state index contributed by atoms with van der Waals surface area (Å²) in [5.74, 6) is 0.694. The molecule has 0 bridgehead atoms. The fraction of sp³-hybridized carbons (Fsp3) is 0.667. The molecule has 1 aromatic heterocycles. The molecular weight excluding hydrogens is 260 g/mol. The van der Waals surface area contributed by atoms with Gasteiger partial charge >= 0.3 is 0 Å². The molecule has 0 aromatic carbocycles. The van der Waals surface area contributed by atoms with Gasteiger partial charge in [-0.1, -0.05) is 25.4 Å². The lowest BCUT2D eigenvalue weighted by Gasteiger charge is -2.34. The van der Waals surface area contributed by atoms with Crippen LogP contribution in [-0.4, -0.2) is 18.1 Å². The first kappa shape index (κ1) is 14.6. The Hall–Kier alpha value is -0.800. The van der Waals surface area contributed by atoms with Gasteiger partial charge in [0.15, 0.2) is 0 Å². The van der Waals surface area contributed by atoms with Crippen LogP contribution in [0.5, 0.6) is 5.88 Å². The molecule has 106 valence electrons. The summed E-state index contributed by atoms with van der Waals surface area (Å²) in [5, 5.41) is 3.79. The smallest absolute Gasteiger partial charge is 0.213 e. The molecule has 0 atom stereocenters. The molecule has 1 aliphatic carbocycles. The Bertz CT molecular complexity index is 424. The first-order valence-electron chi connectivity index (χ1n) is 6.96. The van der Waals surface area contributed by atoms with Crippen molar-refractivity contribution in [3.05, 3.63) is 22.8 Å². The van der Waals surface area contributed by atoms with E-state index in [1.54, 1.807) is 6.20 Å². The molecule has 1 aromatic rings. The minimum Gasteiger partial charge on any atom is -0.474 e. The molecular formula is C15H23ClN2O. The van der Waals surface area contributed by atoms with Crippen molar-refractivity contribution in [2.24, 2.45) is 5.41 Å². The highest BCUT2D eigenvalue weighted by atomic mass is 35.5. The van der Waals surface area contributed by atoms with Gasteiger partial charge in [0.1, 0.15) is 6.10 Å². The second kappa shape index (κ2) is 6.10. The van der Waals surface area contributed by atoms with Crippen LogP contribution in [0.4, 0.5) is 0 Å². The number of pyridine rings is 1. The third-order valence-electron chi connectivity index (χ3n) is 3.85. The molecule has 0 aliphatic heterocycles. The van der Waals surface area contributed by atoms with E-state index in [2.05, 4.69) is 24.1 Å². The van der Waals surface area contributed by atoms with Gasteiger partial charge in [0.2, 0.25) is 5.88 Å². The van der Waals surface area contributed by atoms with Gasteiger partial charge in [0.05, 0.1) is 5.02 Å². The second-order valence-corrected chi connectivity index (χ2v) is 6.53. The molecule has 1 heterocycles. The lowest BCUT2D eigenvalue weighted by molar-refractivity contribution is 0.0948. The molecule has 0 amide bonds. The maximum Gasteiger partial charge on any atom is 0.213 e. The number of hydrogen-bond acceptors (Lipinski definition) is 3. The van der Waals surface area contributed by atoms with Gasteiger partial charge in [0.25, 0.3) is 0 Å². The average Bonchev–Trinajstić information content (AvgIpc) is 2.36. The van der Waals surface area contributed by atoms with Crippen LogP contribution in [0.1, 0.15) is 45.1 Å². The zero-order valence-electron chi connectivity index (χ0n) is 12.0. The third-order valence-corrected chi connectivity index (χ3v) is 4.19. The molecule has 1 aliphatic rings. The molecule has 1 N–H and O–H groups in total. The minimum absolute atomic E-state index is 0.295. The van der Waals surface area contributed by atoms with Crippen molar-refractivity contribution in [3.63, 3.8) is 0 Å². The summed E-state index contributed by atoms with van der Waals surface area (Å²) in [4.78, 5) is 4.27. The van der Waals surface area contributed by atoms with Crippen LogP contribution in [0.25, 0.3) is 0 Å². The second-order valence-electron chi connectivity index (χ2n) is 6.13. The van der Waals surface area contributed by atoms with E-state index in [9.17, 15) is 0 Å². The SMILES string of the molecule is CNCc1cc(OC2CCC(C)(C)CC2)ncc1Cl. The number of rotatable bonds is 4. The Morgan fingerprint density at radius 3 is 2.74 bits per heavy atom. The highest BCUT2D eigenvalue weighted by molar-refractivity contribution is 6.31. The van der Waals surface area contributed by atoms with E-state index in [0.29, 0.717) is 22.4 Å². The van der Waals surface area contributed by atoms with Crippen molar-refractivity contribution in [2.45, 2.75) is 52.2 Å². The molecule has 1 fully saturated rings. The Kier molecular flexibility index (Phi) is 4.69. The number of nitrogens with one attached hydrogen (secondary N) is 1. The summed E-state index contributed by atoms with van der Waals surface area (Å²) in [7, 11) is 1.90. The summed E-state index contributed by atoms with van der Waals surface area (Å²) in [5.41, 5.74) is 1.50. The summed E-state index contributed by atoms with van der Waals surface area (Å²) in [6.07, 6.45) is 6.63. The van der Waals surface area contributed by atoms with Gasteiger partial charge in [-0.05, 0) is 43.7 Å². The standard InChI is InChI=1S/C15H23ClN2O/c1-15(2)6-4-12(5-7-15)19-14-8-11(9-17-3)13(16)10-18-14/h8,10,12,17H,4-7,9H2,1-3H3. The number of halogens is 1. The molecule has 0 radical (unpaired) electrons.